The number of rotatable bonds is 5. The second-order valence-electron chi connectivity index (χ2n) is 8.54. The Balaban J connectivity index is 0.000000217. The Bertz CT molecular complexity index is 814. The van der Waals surface area contributed by atoms with Crippen molar-refractivity contribution in [2.45, 2.75) is 68.0 Å². The average Bonchev–Trinajstić information content (AvgIpc) is 3.38. The molecule has 1 amide bonds. The van der Waals surface area contributed by atoms with Crippen molar-refractivity contribution in [3.8, 4) is 0 Å². The number of carbonyl (C=O) groups excluding carboxylic acids is 2. The van der Waals surface area contributed by atoms with Crippen molar-refractivity contribution in [2.75, 3.05) is 13.7 Å². The lowest BCUT2D eigenvalue weighted by Gasteiger charge is -2.38. The van der Waals surface area contributed by atoms with E-state index in [-0.39, 0.29) is 24.6 Å². The maximum absolute atomic E-state index is 12.4. The summed E-state index contributed by atoms with van der Waals surface area (Å²) in [5.41, 5.74) is 0.803. The standard InChI is InChI=1S/C17H21NO4.C5H7NO3/c1-18-13-7-11(8-14(18)16-15(13)22-16)21-17(20)12(9-19)10-5-3-2-4-6-10;7-4-2-1-3(6-4)5(8)9/h2-6,11-16,19H,7-9H2,1H3;3H,1-2H2,(H,6,7)(H,8,9)/t11?,12-,13-,14+,15-,16+;3-/m10/s1. The number of benzene rings is 1. The van der Waals surface area contributed by atoms with Gasteiger partial charge in [-0.1, -0.05) is 30.3 Å². The highest BCUT2D eigenvalue weighted by atomic mass is 16.6. The maximum Gasteiger partial charge on any atom is 0.326 e. The Labute approximate surface area is 180 Å². The Hall–Kier alpha value is -2.49. The van der Waals surface area contributed by atoms with Crippen LogP contribution in [0, 0.1) is 0 Å². The minimum absolute atomic E-state index is 0.0622. The fourth-order valence-electron chi connectivity index (χ4n) is 4.84. The number of amides is 1. The fourth-order valence-corrected chi connectivity index (χ4v) is 4.84. The number of piperidine rings is 1. The lowest BCUT2D eigenvalue weighted by molar-refractivity contribution is -0.156. The number of nitrogens with zero attached hydrogens (tertiary/aromatic N) is 1. The van der Waals surface area contributed by atoms with Gasteiger partial charge in [0, 0.05) is 31.3 Å². The molecule has 9 heteroatoms. The molecule has 0 spiro atoms. The van der Waals surface area contributed by atoms with Crippen LogP contribution in [0.25, 0.3) is 0 Å². The number of hydrogen-bond donors (Lipinski definition) is 3. The van der Waals surface area contributed by atoms with Crippen LogP contribution in [0.15, 0.2) is 30.3 Å². The van der Waals surface area contributed by atoms with Gasteiger partial charge in [0.05, 0.1) is 6.61 Å². The van der Waals surface area contributed by atoms with Crippen molar-refractivity contribution in [3.05, 3.63) is 35.9 Å². The van der Waals surface area contributed by atoms with Gasteiger partial charge >= 0.3 is 11.9 Å². The van der Waals surface area contributed by atoms with E-state index in [0.717, 1.165) is 18.4 Å². The average molecular weight is 432 g/mol. The molecule has 1 aromatic carbocycles. The number of nitrogens with one attached hydrogen (secondary N) is 1. The van der Waals surface area contributed by atoms with Gasteiger partial charge in [-0.05, 0) is 19.0 Å². The van der Waals surface area contributed by atoms with Gasteiger partial charge in [-0.15, -0.1) is 0 Å². The molecule has 9 nitrogen and oxygen atoms in total. The molecule has 168 valence electrons. The first-order valence-corrected chi connectivity index (χ1v) is 10.6. The molecule has 0 radical (unpaired) electrons. The van der Waals surface area contributed by atoms with Crippen LogP contribution in [0.1, 0.15) is 37.2 Å². The Kier molecular flexibility index (Phi) is 6.27. The number of hydrogen-bond acceptors (Lipinski definition) is 7. The maximum atomic E-state index is 12.4. The number of ether oxygens (including phenoxy) is 2. The largest absolute Gasteiger partial charge is 0.480 e. The molecule has 2 bridgehead atoms. The molecule has 5 rings (SSSR count). The highest BCUT2D eigenvalue weighted by Crippen LogP contribution is 2.48. The summed E-state index contributed by atoms with van der Waals surface area (Å²) < 4.78 is 11.4. The van der Waals surface area contributed by atoms with Crippen LogP contribution in [0.3, 0.4) is 0 Å². The predicted octanol–water partition coefficient (Wildman–Crippen LogP) is 0.268. The van der Waals surface area contributed by atoms with E-state index in [1.807, 2.05) is 30.3 Å². The molecule has 7 atom stereocenters. The molecular weight excluding hydrogens is 404 g/mol. The summed E-state index contributed by atoms with van der Waals surface area (Å²) in [6.07, 6.45) is 3.03. The Morgan fingerprint density at radius 1 is 1.23 bits per heavy atom. The number of likely N-dealkylation sites (N-methyl/N-ethyl adjacent to an activating group) is 1. The van der Waals surface area contributed by atoms with Crippen LogP contribution >= 0.6 is 0 Å². The third-order valence-corrected chi connectivity index (χ3v) is 6.62. The van der Waals surface area contributed by atoms with E-state index in [0.29, 0.717) is 37.1 Å². The quantitative estimate of drug-likeness (QED) is 0.447. The molecule has 4 aliphatic heterocycles. The van der Waals surface area contributed by atoms with Gasteiger partial charge in [0.25, 0.3) is 0 Å². The van der Waals surface area contributed by atoms with Crippen molar-refractivity contribution in [2.24, 2.45) is 0 Å². The van der Waals surface area contributed by atoms with Crippen LogP contribution in [0.4, 0.5) is 0 Å². The normalized spacial score (nSPS) is 34.1. The topological polar surface area (TPSA) is 129 Å². The Morgan fingerprint density at radius 3 is 2.35 bits per heavy atom. The molecule has 31 heavy (non-hydrogen) atoms. The van der Waals surface area contributed by atoms with Gasteiger partial charge < -0.3 is 25.0 Å². The van der Waals surface area contributed by atoms with Crippen LogP contribution in [0.5, 0.6) is 0 Å². The van der Waals surface area contributed by atoms with E-state index in [2.05, 4.69) is 17.3 Å². The van der Waals surface area contributed by atoms with Crippen LogP contribution in [-0.4, -0.2) is 83.1 Å². The summed E-state index contributed by atoms with van der Waals surface area (Å²) in [5, 5.41) is 20.2. The number of epoxide rings is 1. The lowest BCUT2D eigenvalue weighted by Crippen LogP contribution is -2.48. The molecule has 4 fully saturated rings. The van der Waals surface area contributed by atoms with Crippen molar-refractivity contribution < 1.29 is 34.1 Å². The molecule has 4 saturated heterocycles. The van der Waals surface area contributed by atoms with Crippen LogP contribution < -0.4 is 5.32 Å². The van der Waals surface area contributed by atoms with Gasteiger partial charge in [-0.25, -0.2) is 4.79 Å². The van der Waals surface area contributed by atoms with E-state index in [4.69, 9.17) is 14.6 Å². The van der Waals surface area contributed by atoms with Gasteiger partial charge in [-0.3, -0.25) is 14.5 Å². The number of morpholine rings is 1. The molecule has 4 aliphatic rings. The number of carboxylic acid groups (broad SMARTS) is 1. The van der Waals surface area contributed by atoms with Gasteiger partial charge in [0.15, 0.2) is 0 Å². The molecule has 1 unspecified atom stereocenters. The summed E-state index contributed by atoms with van der Waals surface area (Å²) >= 11 is 0. The molecule has 4 heterocycles. The van der Waals surface area contributed by atoms with E-state index in [1.165, 1.54) is 0 Å². The number of carbonyl (C=O) groups is 3. The minimum Gasteiger partial charge on any atom is -0.480 e. The summed E-state index contributed by atoms with van der Waals surface area (Å²) in [7, 11) is 2.13. The number of aliphatic carboxylic acids is 1. The van der Waals surface area contributed by atoms with Crippen molar-refractivity contribution in [1.82, 2.24) is 10.2 Å². The smallest absolute Gasteiger partial charge is 0.326 e. The number of carboxylic acids is 1. The first kappa shape index (κ1) is 21.7. The number of aliphatic hydroxyl groups excluding tert-OH is 1. The lowest BCUT2D eigenvalue weighted by atomic mass is 9.97. The molecule has 0 saturated carbocycles. The third kappa shape index (κ3) is 4.58. The summed E-state index contributed by atoms with van der Waals surface area (Å²) in [6, 6.07) is 9.42. The van der Waals surface area contributed by atoms with Crippen LogP contribution in [-0.2, 0) is 23.9 Å². The van der Waals surface area contributed by atoms with E-state index < -0.39 is 17.9 Å². The molecule has 0 aliphatic carbocycles. The molecule has 3 N–H and O–H groups in total. The fraction of sp³-hybridized carbons (Fsp3) is 0.591. The summed E-state index contributed by atoms with van der Waals surface area (Å²) in [4.78, 5) is 35.3. The number of esters is 1. The molecule has 0 aromatic heterocycles. The molecule has 1 aromatic rings. The summed E-state index contributed by atoms with van der Waals surface area (Å²) in [6.45, 7) is -0.226. The molecular formula is C22H28N2O7. The SMILES string of the molecule is CN1[C@@H]2CC(OC(=O)[C@H](CO)c3ccccc3)C[C@H]1[C@@H]1O[C@@H]12.O=C1CC[C@@H](C(=O)O)N1. The van der Waals surface area contributed by atoms with E-state index in [1.54, 1.807) is 0 Å². The Morgan fingerprint density at radius 2 is 1.87 bits per heavy atom. The highest BCUT2D eigenvalue weighted by molar-refractivity contribution is 5.87. The van der Waals surface area contributed by atoms with Crippen LogP contribution in [0.2, 0.25) is 0 Å². The van der Waals surface area contributed by atoms with E-state index >= 15 is 0 Å². The third-order valence-electron chi connectivity index (χ3n) is 6.62. The predicted molar refractivity (Wildman–Crippen MR) is 108 cm³/mol. The second-order valence-corrected chi connectivity index (χ2v) is 8.54. The monoisotopic (exact) mass is 432 g/mol. The number of fused-ring (bicyclic) bond motifs is 5. The van der Waals surface area contributed by atoms with Crippen molar-refractivity contribution in [3.63, 3.8) is 0 Å². The van der Waals surface area contributed by atoms with E-state index in [9.17, 15) is 19.5 Å². The second kappa shape index (κ2) is 8.94. The zero-order chi connectivity index (χ0) is 22.1. The number of aliphatic hydroxyl groups is 1. The first-order valence-electron chi connectivity index (χ1n) is 10.6. The first-order chi connectivity index (χ1) is 14.9. The van der Waals surface area contributed by atoms with Crippen molar-refractivity contribution >= 4 is 17.8 Å². The highest BCUT2D eigenvalue weighted by Gasteiger charge is 2.62. The van der Waals surface area contributed by atoms with Gasteiger partial charge in [0.1, 0.15) is 30.3 Å². The van der Waals surface area contributed by atoms with Crippen molar-refractivity contribution in [1.29, 1.82) is 0 Å². The van der Waals surface area contributed by atoms with Gasteiger partial charge in [-0.2, -0.15) is 0 Å². The zero-order valence-electron chi connectivity index (χ0n) is 17.3. The zero-order valence-corrected chi connectivity index (χ0v) is 17.3. The minimum atomic E-state index is -0.944. The summed E-state index contributed by atoms with van der Waals surface area (Å²) in [5.74, 6) is -2.02. The van der Waals surface area contributed by atoms with Gasteiger partial charge in [0.2, 0.25) is 5.91 Å².